The fourth-order valence-electron chi connectivity index (χ4n) is 3.59. The molecule has 0 radical (unpaired) electrons. The Balaban J connectivity index is 1.61. The molecule has 27 heavy (non-hydrogen) atoms. The van der Waals surface area contributed by atoms with Crippen molar-refractivity contribution in [2.75, 3.05) is 49.7 Å². The SMILES string of the molecule is O=C(NCC1(N2CCSCC2)CCOCC1)Nc1cccc(C(F)(F)F)c1. The molecule has 0 saturated carbocycles. The number of rotatable bonds is 4. The third-order valence-electron chi connectivity index (χ3n) is 5.13. The van der Waals surface area contributed by atoms with E-state index in [2.05, 4.69) is 15.5 Å². The van der Waals surface area contributed by atoms with Gasteiger partial charge in [0.2, 0.25) is 0 Å². The van der Waals surface area contributed by atoms with Crippen molar-refractivity contribution in [3.8, 4) is 0 Å². The average molecular weight is 403 g/mol. The molecule has 2 fully saturated rings. The summed E-state index contributed by atoms with van der Waals surface area (Å²) in [6.45, 7) is 3.70. The first-order valence-corrected chi connectivity index (χ1v) is 10.2. The van der Waals surface area contributed by atoms with Gasteiger partial charge in [-0.05, 0) is 31.0 Å². The summed E-state index contributed by atoms with van der Waals surface area (Å²) in [5.41, 5.74) is -0.811. The molecule has 0 bridgehead atoms. The van der Waals surface area contributed by atoms with Gasteiger partial charge in [-0.1, -0.05) is 6.07 Å². The van der Waals surface area contributed by atoms with Crippen molar-refractivity contribution in [1.29, 1.82) is 0 Å². The molecule has 2 aliphatic heterocycles. The van der Waals surface area contributed by atoms with Gasteiger partial charge in [-0.25, -0.2) is 4.79 Å². The van der Waals surface area contributed by atoms with Gasteiger partial charge in [0.15, 0.2) is 0 Å². The predicted molar refractivity (Wildman–Crippen MR) is 100 cm³/mol. The molecule has 0 atom stereocenters. The lowest BCUT2D eigenvalue weighted by Crippen LogP contribution is -2.60. The number of nitrogens with zero attached hydrogens (tertiary/aromatic N) is 1. The Morgan fingerprint density at radius 1 is 1.22 bits per heavy atom. The standard InChI is InChI=1S/C18H24F3N3O2S/c19-18(20,21)14-2-1-3-15(12-14)23-16(25)22-13-17(4-8-26-9-5-17)24-6-10-27-11-7-24/h1-3,12H,4-11,13H2,(H2,22,23,25). The molecule has 0 aromatic heterocycles. The summed E-state index contributed by atoms with van der Waals surface area (Å²) in [7, 11) is 0. The normalized spacial score (nSPS) is 20.9. The van der Waals surface area contributed by atoms with Gasteiger partial charge in [0.05, 0.1) is 5.56 Å². The molecule has 2 aliphatic rings. The summed E-state index contributed by atoms with van der Waals surface area (Å²) < 4.78 is 43.9. The summed E-state index contributed by atoms with van der Waals surface area (Å²) in [4.78, 5) is 14.7. The zero-order chi connectivity index (χ0) is 19.3. The van der Waals surface area contributed by atoms with E-state index in [1.54, 1.807) is 0 Å². The number of thioether (sulfide) groups is 1. The van der Waals surface area contributed by atoms with Crippen LogP contribution in [0.2, 0.25) is 0 Å². The molecule has 2 saturated heterocycles. The predicted octanol–water partition coefficient (Wildman–Crippen LogP) is 3.42. The number of alkyl halides is 3. The molecule has 3 rings (SSSR count). The Labute approximate surface area is 161 Å². The monoisotopic (exact) mass is 403 g/mol. The number of ether oxygens (including phenoxy) is 1. The molecule has 0 spiro atoms. The first kappa shape index (κ1) is 20.3. The number of carbonyl (C=O) groups excluding carboxylic acids is 1. The summed E-state index contributed by atoms with van der Waals surface area (Å²) >= 11 is 1.93. The minimum absolute atomic E-state index is 0.123. The van der Waals surface area contributed by atoms with Crippen LogP contribution >= 0.6 is 11.8 Å². The molecular weight excluding hydrogens is 379 g/mol. The largest absolute Gasteiger partial charge is 0.416 e. The summed E-state index contributed by atoms with van der Waals surface area (Å²) in [6.07, 6.45) is -2.77. The van der Waals surface area contributed by atoms with Gasteiger partial charge < -0.3 is 15.4 Å². The highest BCUT2D eigenvalue weighted by atomic mass is 32.2. The molecule has 1 aromatic rings. The number of halogens is 3. The average Bonchev–Trinajstić information content (AvgIpc) is 2.67. The van der Waals surface area contributed by atoms with E-state index in [1.165, 1.54) is 12.1 Å². The van der Waals surface area contributed by atoms with Gasteiger partial charge in [0.1, 0.15) is 0 Å². The van der Waals surface area contributed by atoms with Crippen LogP contribution < -0.4 is 10.6 Å². The molecular formula is C18H24F3N3O2S. The zero-order valence-electron chi connectivity index (χ0n) is 15.0. The lowest BCUT2D eigenvalue weighted by Gasteiger charge is -2.47. The van der Waals surface area contributed by atoms with Crippen LogP contribution in [0, 0.1) is 0 Å². The van der Waals surface area contributed by atoms with Crippen LogP contribution in [0.1, 0.15) is 18.4 Å². The quantitative estimate of drug-likeness (QED) is 0.809. The molecule has 9 heteroatoms. The van der Waals surface area contributed by atoms with Crippen molar-refractivity contribution < 1.29 is 22.7 Å². The van der Waals surface area contributed by atoms with Crippen LogP contribution in [0.4, 0.5) is 23.7 Å². The first-order valence-electron chi connectivity index (χ1n) is 9.02. The van der Waals surface area contributed by atoms with E-state index < -0.39 is 17.8 Å². The van der Waals surface area contributed by atoms with Crippen LogP contribution in [0.25, 0.3) is 0 Å². The number of anilines is 1. The number of benzene rings is 1. The van der Waals surface area contributed by atoms with Crippen molar-refractivity contribution in [1.82, 2.24) is 10.2 Å². The van der Waals surface area contributed by atoms with Gasteiger partial charge in [-0.3, -0.25) is 4.90 Å². The second kappa shape index (κ2) is 8.70. The van der Waals surface area contributed by atoms with Crippen LogP contribution in [0.5, 0.6) is 0 Å². The maximum absolute atomic E-state index is 12.8. The molecule has 1 aromatic carbocycles. The fourth-order valence-corrected chi connectivity index (χ4v) is 4.49. The van der Waals surface area contributed by atoms with E-state index >= 15 is 0 Å². The fraction of sp³-hybridized carbons (Fsp3) is 0.611. The Kier molecular flexibility index (Phi) is 6.54. The third kappa shape index (κ3) is 5.30. The number of urea groups is 1. The highest BCUT2D eigenvalue weighted by molar-refractivity contribution is 7.99. The third-order valence-corrected chi connectivity index (χ3v) is 6.07. The van der Waals surface area contributed by atoms with E-state index in [0.717, 1.165) is 49.6 Å². The Hall–Kier alpha value is -1.45. The number of hydrogen-bond donors (Lipinski definition) is 2. The lowest BCUT2D eigenvalue weighted by molar-refractivity contribution is -0.137. The topological polar surface area (TPSA) is 53.6 Å². The number of nitrogens with one attached hydrogen (secondary N) is 2. The van der Waals surface area contributed by atoms with Crippen molar-refractivity contribution in [2.24, 2.45) is 0 Å². The van der Waals surface area contributed by atoms with Crippen molar-refractivity contribution in [3.63, 3.8) is 0 Å². The maximum Gasteiger partial charge on any atom is 0.416 e. The van der Waals surface area contributed by atoms with Gasteiger partial charge in [0, 0.05) is 55.6 Å². The second-order valence-corrected chi connectivity index (χ2v) is 8.05. The van der Waals surface area contributed by atoms with Crippen LogP contribution in [0.15, 0.2) is 24.3 Å². The van der Waals surface area contributed by atoms with Gasteiger partial charge in [0.25, 0.3) is 0 Å². The van der Waals surface area contributed by atoms with Gasteiger partial charge in [-0.15, -0.1) is 0 Å². The van der Waals surface area contributed by atoms with E-state index in [9.17, 15) is 18.0 Å². The van der Waals surface area contributed by atoms with Crippen molar-refractivity contribution in [3.05, 3.63) is 29.8 Å². The summed E-state index contributed by atoms with van der Waals surface area (Å²) in [5, 5.41) is 5.37. The van der Waals surface area contributed by atoms with E-state index in [0.29, 0.717) is 19.8 Å². The molecule has 5 nitrogen and oxygen atoms in total. The number of amides is 2. The smallest absolute Gasteiger partial charge is 0.381 e. The van der Waals surface area contributed by atoms with E-state index in [1.807, 2.05) is 11.8 Å². The molecule has 150 valence electrons. The molecule has 2 heterocycles. The highest BCUT2D eigenvalue weighted by Crippen LogP contribution is 2.31. The minimum atomic E-state index is -4.44. The molecule has 2 amide bonds. The van der Waals surface area contributed by atoms with Gasteiger partial charge >= 0.3 is 12.2 Å². The Morgan fingerprint density at radius 3 is 2.59 bits per heavy atom. The highest BCUT2D eigenvalue weighted by Gasteiger charge is 2.39. The molecule has 2 N–H and O–H groups in total. The maximum atomic E-state index is 12.8. The van der Waals surface area contributed by atoms with Crippen molar-refractivity contribution in [2.45, 2.75) is 24.6 Å². The zero-order valence-corrected chi connectivity index (χ0v) is 15.8. The minimum Gasteiger partial charge on any atom is -0.381 e. The molecule has 0 unspecified atom stereocenters. The lowest BCUT2D eigenvalue weighted by atomic mass is 9.87. The van der Waals surface area contributed by atoms with Crippen LogP contribution in [-0.2, 0) is 10.9 Å². The van der Waals surface area contributed by atoms with Gasteiger partial charge in [-0.2, -0.15) is 24.9 Å². The van der Waals surface area contributed by atoms with Crippen LogP contribution in [-0.4, -0.2) is 60.8 Å². The second-order valence-electron chi connectivity index (χ2n) is 6.82. The van der Waals surface area contributed by atoms with Crippen molar-refractivity contribution >= 4 is 23.5 Å². The van der Waals surface area contributed by atoms with E-state index in [-0.39, 0.29) is 11.2 Å². The Bertz CT molecular complexity index is 645. The summed E-state index contributed by atoms with van der Waals surface area (Å²) in [6, 6.07) is 4.15. The Morgan fingerprint density at radius 2 is 1.93 bits per heavy atom. The van der Waals surface area contributed by atoms with Crippen LogP contribution in [0.3, 0.4) is 0 Å². The van der Waals surface area contributed by atoms with E-state index in [4.69, 9.17) is 4.74 Å². The summed E-state index contributed by atoms with van der Waals surface area (Å²) in [5.74, 6) is 2.14. The molecule has 0 aliphatic carbocycles. The number of hydrogen-bond acceptors (Lipinski definition) is 4. The number of carbonyl (C=O) groups is 1. The first-order chi connectivity index (χ1) is 12.9.